The van der Waals surface area contributed by atoms with E-state index in [-0.39, 0.29) is 5.56 Å². The second-order valence-electron chi connectivity index (χ2n) is 8.20. The number of likely N-dealkylation sites (tertiary alicyclic amines) is 1. The lowest BCUT2D eigenvalue weighted by Gasteiger charge is -2.43. The third-order valence-corrected chi connectivity index (χ3v) is 6.14. The molecule has 0 unspecified atom stereocenters. The standard InChI is InChI=1S/C22H25N7O/c1-24-22-15(3-2-4-25-22)11-28-9-14-5-17(12-28)19-6-16(7-21(30)29(19)10-14)18-8-20(23)27-13-26-18/h2-4,6-8,13-14,17H,5,9-12H2,1H3,(H,24,25)(H2,23,26,27)/t14-,17+/m0/s1. The van der Waals surface area contributed by atoms with Gasteiger partial charge in [0.25, 0.3) is 5.56 Å². The van der Waals surface area contributed by atoms with Crippen molar-refractivity contribution in [2.45, 2.75) is 25.4 Å². The summed E-state index contributed by atoms with van der Waals surface area (Å²) in [5.41, 5.74) is 9.63. The van der Waals surface area contributed by atoms with Crippen LogP contribution in [-0.2, 0) is 13.1 Å². The summed E-state index contributed by atoms with van der Waals surface area (Å²) in [6.07, 6.45) is 4.36. The highest BCUT2D eigenvalue weighted by Crippen LogP contribution is 2.37. The lowest BCUT2D eigenvalue weighted by Crippen LogP contribution is -2.46. The Morgan fingerprint density at radius 3 is 2.90 bits per heavy atom. The van der Waals surface area contributed by atoms with E-state index in [4.69, 9.17) is 5.73 Å². The molecule has 154 valence electrons. The molecule has 0 aliphatic carbocycles. The molecular weight excluding hydrogens is 378 g/mol. The molecule has 3 N–H and O–H groups in total. The Morgan fingerprint density at radius 1 is 1.17 bits per heavy atom. The minimum Gasteiger partial charge on any atom is -0.384 e. The summed E-state index contributed by atoms with van der Waals surface area (Å²) >= 11 is 0. The van der Waals surface area contributed by atoms with E-state index in [1.807, 2.05) is 23.9 Å². The van der Waals surface area contributed by atoms with Gasteiger partial charge in [0.15, 0.2) is 0 Å². The summed E-state index contributed by atoms with van der Waals surface area (Å²) < 4.78 is 1.95. The molecule has 30 heavy (non-hydrogen) atoms. The third-order valence-electron chi connectivity index (χ3n) is 6.14. The van der Waals surface area contributed by atoms with Crippen LogP contribution in [0.5, 0.6) is 0 Å². The van der Waals surface area contributed by atoms with Crippen molar-refractivity contribution in [1.29, 1.82) is 0 Å². The van der Waals surface area contributed by atoms with Gasteiger partial charge in [-0.05, 0) is 24.5 Å². The zero-order valence-electron chi connectivity index (χ0n) is 17.0. The fourth-order valence-corrected chi connectivity index (χ4v) is 4.90. The predicted octanol–water partition coefficient (Wildman–Crippen LogP) is 1.94. The van der Waals surface area contributed by atoms with Crippen LogP contribution in [0.2, 0.25) is 0 Å². The Balaban J connectivity index is 1.45. The van der Waals surface area contributed by atoms with Crippen LogP contribution in [0, 0.1) is 5.92 Å². The van der Waals surface area contributed by atoms with Crippen LogP contribution in [0.25, 0.3) is 11.3 Å². The number of hydrogen-bond donors (Lipinski definition) is 2. The molecule has 5 heterocycles. The first kappa shape index (κ1) is 18.7. The van der Waals surface area contributed by atoms with E-state index in [1.165, 1.54) is 11.9 Å². The summed E-state index contributed by atoms with van der Waals surface area (Å²) in [6.45, 7) is 3.52. The zero-order valence-corrected chi connectivity index (χ0v) is 17.0. The first-order chi connectivity index (χ1) is 14.6. The smallest absolute Gasteiger partial charge is 0.251 e. The maximum atomic E-state index is 12.9. The molecule has 2 aliphatic rings. The molecule has 2 aliphatic heterocycles. The lowest BCUT2D eigenvalue weighted by molar-refractivity contribution is 0.114. The number of anilines is 2. The topological polar surface area (TPSA) is 102 Å². The van der Waals surface area contributed by atoms with Crippen LogP contribution >= 0.6 is 0 Å². The minimum atomic E-state index is 0.0348. The number of aromatic nitrogens is 4. The summed E-state index contributed by atoms with van der Waals surface area (Å²) in [4.78, 5) is 28.1. The lowest BCUT2D eigenvalue weighted by atomic mass is 9.82. The molecule has 8 heteroatoms. The van der Waals surface area contributed by atoms with E-state index in [0.29, 0.717) is 23.3 Å². The summed E-state index contributed by atoms with van der Waals surface area (Å²) in [6, 6.07) is 9.59. The fourth-order valence-electron chi connectivity index (χ4n) is 4.90. The van der Waals surface area contributed by atoms with Gasteiger partial charge < -0.3 is 15.6 Å². The number of piperidine rings is 1. The molecule has 0 aromatic carbocycles. The Hall–Kier alpha value is -3.26. The first-order valence-electron chi connectivity index (χ1n) is 10.3. The molecule has 0 saturated carbocycles. The number of nitrogens with zero attached hydrogens (tertiary/aromatic N) is 5. The van der Waals surface area contributed by atoms with Gasteiger partial charge in [-0.1, -0.05) is 6.07 Å². The van der Waals surface area contributed by atoms with Crippen molar-refractivity contribution >= 4 is 11.6 Å². The SMILES string of the molecule is CNc1ncccc1CN1C[C@@H]2C[C@H](C1)c1cc(-c3cc(N)ncn3)cc(=O)n1C2. The summed E-state index contributed by atoms with van der Waals surface area (Å²) in [5.74, 6) is 2.12. The van der Waals surface area contributed by atoms with Gasteiger partial charge in [-0.25, -0.2) is 15.0 Å². The number of fused-ring (bicyclic) bond motifs is 4. The van der Waals surface area contributed by atoms with Crippen molar-refractivity contribution in [3.8, 4) is 11.3 Å². The normalized spacial score (nSPS) is 20.6. The molecule has 3 aromatic heterocycles. The molecule has 0 amide bonds. The van der Waals surface area contributed by atoms with Crippen molar-refractivity contribution in [2.24, 2.45) is 5.92 Å². The second-order valence-corrected chi connectivity index (χ2v) is 8.20. The largest absolute Gasteiger partial charge is 0.384 e. The molecule has 3 aromatic rings. The Morgan fingerprint density at radius 2 is 2.07 bits per heavy atom. The van der Waals surface area contributed by atoms with E-state index < -0.39 is 0 Å². The van der Waals surface area contributed by atoms with Crippen LogP contribution in [0.4, 0.5) is 11.6 Å². The third kappa shape index (κ3) is 3.43. The molecule has 5 rings (SSSR count). The van der Waals surface area contributed by atoms with Gasteiger partial charge in [0, 0.05) is 74.3 Å². The average Bonchev–Trinajstić information content (AvgIpc) is 2.75. The van der Waals surface area contributed by atoms with Gasteiger partial charge in [0.1, 0.15) is 18.0 Å². The minimum absolute atomic E-state index is 0.0348. The van der Waals surface area contributed by atoms with Crippen molar-refractivity contribution < 1.29 is 0 Å². The monoisotopic (exact) mass is 403 g/mol. The van der Waals surface area contributed by atoms with Crippen LogP contribution in [-0.4, -0.2) is 44.6 Å². The quantitative estimate of drug-likeness (QED) is 0.686. The van der Waals surface area contributed by atoms with E-state index in [1.54, 1.807) is 12.1 Å². The van der Waals surface area contributed by atoms with Gasteiger partial charge in [0.2, 0.25) is 0 Å². The van der Waals surface area contributed by atoms with Crippen molar-refractivity contribution in [1.82, 2.24) is 24.4 Å². The molecule has 1 saturated heterocycles. The fraction of sp³-hybridized carbons (Fsp3) is 0.364. The second kappa shape index (κ2) is 7.53. The number of nitrogens with two attached hydrogens (primary N) is 1. The van der Waals surface area contributed by atoms with E-state index in [0.717, 1.165) is 49.7 Å². The number of pyridine rings is 2. The Kier molecular flexibility index (Phi) is 4.71. The number of rotatable bonds is 4. The molecule has 2 bridgehead atoms. The highest BCUT2D eigenvalue weighted by molar-refractivity contribution is 5.61. The highest BCUT2D eigenvalue weighted by atomic mass is 16.1. The van der Waals surface area contributed by atoms with Gasteiger partial charge >= 0.3 is 0 Å². The summed E-state index contributed by atoms with van der Waals surface area (Å²) in [5, 5.41) is 3.18. The van der Waals surface area contributed by atoms with Crippen LogP contribution < -0.4 is 16.6 Å². The van der Waals surface area contributed by atoms with Crippen LogP contribution in [0.3, 0.4) is 0 Å². The van der Waals surface area contributed by atoms with Gasteiger partial charge in [-0.15, -0.1) is 0 Å². The Labute approximate surface area is 174 Å². The van der Waals surface area contributed by atoms with Crippen molar-refractivity contribution in [3.05, 3.63) is 64.5 Å². The van der Waals surface area contributed by atoms with Crippen molar-refractivity contribution in [2.75, 3.05) is 31.2 Å². The predicted molar refractivity (Wildman–Crippen MR) is 116 cm³/mol. The van der Waals surface area contributed by atoms with E-state index >= 15 is 0 Å². The van der Waals surface area contributed by atoms with Crippen LogP contribution in [0.1, 0.15) is 23.6 Å². The van der Waals surface area contributed by atoms with Gasteiger partial charge in [0.05, 0.1) is 5.69 Å². The molecule has 2 atom stereocenters. The Bertz CT molecular complexity index is 1140. The van der Waals surface area contributed by atoms with Gasteiger partial charge in [-0.3, -0.25) is 9.69 Å². The first-order valence-corrected chi connectivity index (χ1v) is 10.3. The van der Waals surface area contributed by atoms with E-state index in [9.17, 15) is 4.79 Å². The average molecular weight is 403 g/mol. The van der Waals surface area contributed by atoms with Crippen LogP contribution in [0.15, 0.2) is 47.7 Å². The number of nitrogen functional groups attached to an aromatic ring is 1. The van der Waals surface area contributed by atoms with Crippen molar-refractivity contribution in [3.63, 3.8) is 0 Å². The maximum absolute atomic E-state index is 12.9. The van der Waals surface area contributed by atoms with E-state index in [2.05, 4.69) is 37.3 Å². The summed E-state index contributed by atoms with van der Waals surface area (Å²) in [7, 11) is 1.90. The van der Waals surface area contributed by atoms with Gasteiger partial charge in [-0.2, -0.15) is 0 Å². The molecule has 0 radical (unpaired) electrons. The number of hydrogen-bond acceptors (Lipinski definition) is 7. The zero-order chi connectivity index (χ0) is 20.7. The number of nitrogens with one attached hydrogen (secondary N) is 1. The molecule has 8 nitrogen and oxygen atoms in total. The highest BCUT2D eigenvalue weighted by Gasteiger charge is 2.35. The molecule has 1 fully saturated rings. The maximum Gasteiger partial charge on any atom is 0.251 e. The molecular formula is C22H25N7O. The molecule has 0 spiro atoms.